The molecule has 0 radical (unpaired) electrons. The van der Waals surface area contributed by atoms with Crippen LogP contribution in [0.15, 0.2) is 53.5 Å². The smallest absolute Gasteiger partial charge is 0.409 e. The van der Waals surface area contributed by atoms with E-state index in [-0.39, 0.29) is 23.9 Å². The molecule has 1 saturated heterocycles. The second-order valence-corrected chi connectivity index (χ2v) is 8.06. The quantitative estimate of drug-likeness (QED) is 0.741. The summed E-state index contributed by atoms with van der Waals surface area (Å²) >= 11 is 1.43. The fourth-order valence-electron chi connectivity index (χ4n) is 3.83. The molecular weight excluding hydrogens is 402 g/mol. The number of imide groups is 1. The Balaban J connectivity index is 1.57. The van der Waals surface area contributed by atoms with Gasteiger partial charge in [0.2, 0.25) is 0 Å². The lowest BCUT2D eigenvalue weighted by Gasteiger charge is -2.35. The number of benzene rings is 1. The van der Waals surface area contributed by atoms with Gasteiger partial charge in [-0.2, -0.15) is 0 Å². The summed E-state index contributed by atoms with van der Waals surface area (Å²) < 4.78 is 5.06. The highest BCUT2D eigenvalue weighted by atomic mass is 32.1. The Morgan fingerprint density at radius 3 is 2.47 bits per heavy atom. The van der Waals surface area contributed by atoms with Crippen molar-refractivity contribution in [2.45, 2.75) is 25.8 Å². The second kappa shape index (κ2) is 8.71. The molecule has 1 aromatic carbocycles. The molecule has 0 spiro atoms. The fraction of sp³-hybridized carbons (Fsp3) is 0.318. The number of para-hydroxylation sites is 1. The van der Waals surface area contributed by atoms with Crippen LogP contribution < -0.4 is 5.32 Å². The summed E-state index contributed by atoms with van der Waals surface area (Å²) in [5.41, 5.74) is 1.47. The molecule has 0 unspecified atom stereocenters. The fourth-order valence-corrected chi connectivity index (χ4v) is 4.60. The van der Waals surface area contributed by atoms with Gasteiger partial charge in [-0.05, 0) is 43.3 Å². The van der Waals surface area contributed by atoms with Crippen molar-refractivity contribution in [1.29, 1.82) is 0 Å². The van der Waals surface area contributed by atoms with Crippen LogP contribution in [0.3, 0.4) is 0 Å². The summed E-state index contributed by atoms with van der Waals surface area (Å²) in [7, 11) is 0. The van der Waals surface area contributed by atoms with Crippen LogP contribution in [0.5, 0.6) is 0 Å². The van der Waals surface area contributed by atoms with Crippen molar-refractivity contribution in [1.82, 2.24) is 9.80 Å². The van der Waals surface area contributed by atoms with Crippen molar-refractivity contribution < 1.29 is 19.1 Å². The van der Waals surface area contributed by atoms with E-state index in [1.54, 1.807) is 11.8 Å². The molecule has 2 aliphatic heterocycles. The van der Waals surface area contributed by atoms with Gasteiger partial charge in [-0.1, -0.05) is 24.3 Å². The van der Waals surface area contributed by atoms with E-state index in [4.69, 9.17) is 4.74 Å². The largest absolute Gasteiger partial charge is 0.450 e. The average molecular weight is 426 g/mol. The number of rotatable bonds is 5. The van der Waals surface area contributed by atoms with Crippen LogP contribution in [0.2, 0.25) is 0 Å². The zero-order valence-corrected chi connectivity index (χ0v) is 17.5. The Hall–Kier alpha value is -3.13. The molecule has 1 N–H and O–H groups in total. The predicted octanol–water partition coefficient (Wildman–Crippen LogP) is 3.56. The number of hydrogen-bond donors (Lipinski definition) is 1. The molecule has 4 rings (SSSR count). The van der Waals surface area contributed by atoms with E-state index in [0.29, 0.717) is 43.8 Å². The summed E-state index contributed by atoms with van der Waals surface area (Å²) in [6.07, 6.45) is 0.720. The zero-order chi connectivity index (χ0) is 21.1. The van der Waals surface area contributed by atoms with Gasteiger partial charge in [0.25, 0.3) is 11.8 Å². The van der Waals surface area contributed by atoms with Crippen molar-refractivity contribution >= 4 is 40.5 Å². The van der Waals surface area contributed by atoms with E-state index >= 15 is 0 Å². The Labute approximate surface area is 178 Å². The summed E-state index contributed by atoms with van der Waals surface area (Å²) in [6, 6.07) is 12.8. The Morgan fingerprint density at radius 1 is 1.10 bits per heavy atom. The molecule has 30 heavy (non-hydrogen) atoms. The number of carbonyl (C=O) groups excluding carboxylic acids is 3. The van der Waals surface area contributed by atoms with Crippen molar-refractivity contribution in [3.8, 4) is 0 Å². The highest BCUT2D eigenvalue weighted by molar-refractivity contribution is 7.11. The van der Waals surface area contributed by atoms with Gasteiger partial charge in [0.15, 0.2) is 0 Å². The van der Waals surface area contributed by atoms with Crippen molar-refractivity contribution in [3.05, 3.63) is 58.4 Å². The standard InChI is InChI=1S/C22H23N3O4S/c1-2-29-22(28)24-12-10-16(11-13-24)25-20(26)18(17-9-6-14-30-17)19(21(25)27)23-15-7-4-3-5-8-15/h3-9,14,16,23H,2,10-13H2,1H3. The monoisotopic (exact) mass is 425 g/mol. The molecule has 1 fully saturated rings. The lowest BCUT2D eigenvalue weighted by Crippen LogP contribution is -2.49. The maximum atomic E-state index is 13.3. The normalized spacial score (nSPS) is 17.6. The van der Waals surface area contributed by atoms with Crippen LogP contribution in [-0.4, -0.2) is 53.4 Å². The highest BCUT2D eigenvalue weighted by Crippen LogP contribution is 2.35. The number of nitrogens with zero attached hydrogens (tertiary/aromatic N) is 2. The van der Waals surface area contributed by atoms with E-state index in [9.17, 15) is 14.4 Å². The molecule has 1 aromatic heterocycles. The van der Waals surface area contributed by atoms with Gasteiger partial charge in [0.1, 0.15) is 5.70 Å². The topological polar surface area (TPSA) is 79.0 Å². The Kier molecular flexibility index (Phi) is 5.85. The minimum absolute atomic E-state index is 0.249. The lowest BCUT2D eigenvalue weighted by molar-refractivity contribution is -0.140. The van der Waals surface area contributed by atoms with E-state index < -0.39 is 0 Å². The first kappa shape index (κ1) is 20.2. The van der Waals surface area contributed by atoms with Crippen LogP contribution in [-0.2, 0) is 14.3 Å². The molecule has 0 atom stereocenters. The predicted molar refractivity (Wildman–Crippen MR) is 115 cm³/mol. The number of nitrogens with one attached hydrogen (secondary N) is 1. The molecular formula is C22H23N3O4S. The van der Waals surface area contributed by atoms with Crippen LogP contribution in [0.1, 0.15) is 24.6 Å². The van der Waals surface area contributed by atoms with E-state index in [1.165, 1.54) is 16.2 Å². The van der Waals surface area contributed by atoms with Crippen LogP contribution in [0.4, 0.5) is 10.5 Å². The SMILES string of the molecule is CCOC(=O)N1CCC(N2C(=O)C(Nc3ccccc3)=C(c3cccs3)C2=O)CC1. The van der Waals surface area contributed by atoms with Crippen LogP contribution in [0.25, 0.3) is 5.57 Å². The average Bonchev–Trinajstić information content (AvgIpc) is 3.36. The van der Waals surface area contributed by atoms with E-state index in [2.05, 4.69) is 5.32 Å². The van der Waals surface area contributed by atoms with Gasteiger partial charge in [0.05, 0.1) is 12.2 Å². The first-order valence-electron chi connectivity index (χ1n) is 10.00. The number of carbonyl (C=O) groups is 3. The first-order valence-corrected chi connectivity index (χ1v) is 10.9. The first-order chi connectivity index (χ1) is 14.6. The second-order valence-electron chi connectivity index (χ2n) is 7.12. The van der Waals surface area contributed by atoms with Gasteiger partial charge in [-0.25, -0.2) is 4.79 Å². The van der Waals surface area contributed by atoms with Gasteiger partial charge in [-0.15, -0.1) is 11.3 Å². The number of likely N-dealkylation sites (tertiary alicyclic amines) is 1. The summed E-state index contributed by atoms with van der Waals surface area (Å²) in [6.45, 7) is 3.00. The van der Waals surface area contributed by atoms with Crippen LogP contribution in [0, 0.1) is 0 Å². The van der Waals surface area contributed by atoms with Crippen molar-refractivity contribution in [2.75, 3.05) is 25.0 Å². The molecule has 8 heteroatoms. The van der Waals surface area contributed by atoms with Gasteiger partial charge in [0, 0.05) is 29.7 Å². The maximum Gasteiger partial charge on any atom is 0.409 e. The Bertz CT molecular complexity index is 964. The third-order valence-corrected chi connectivity index (χ3v) is 6.17. The minimum Gasteiger partial charge on any atom is -0.450 e. The molecule has 2 aliphatic rings. The highest BCUT2D eigenvalue weighted by Gasteiger charge is 2.44. The molecule has 156 valence electrons. The zero-order valence-electron chi connectivity index (χ0n) is 16.7. The number of hydrogen-bond acceptors (Lipinski definition) is 6. The lowest BCUT2D eigenvalue weighted by atomic mass is 10.0. The van der Waals surface area contributed by atoms with Gasteiger partial charge in [-0.3, -0.25) is 14.5 Å². The third-order valence-electron chi connectivity index (χ3n) is 5.28. The molecule has 0 bridgehead atoms. The molecule has 3 heterocycles. The van der Waals surface area contributed by atoms with Gasteiger partial charge >= 0.3 is 6.09 Å². The Morgan fingerprint density at radius 2 is 1.83 bits per heavy atom. The van der Waals surface area contributed by atoms with E-state index in [1.807, 2.05) is 47.8 Å². The van der Waals surface area contributed by atoms with Crippen molar-refractivity contribution in [2.24, 2.45) is 0 Å². The number of ether oxygens (including phenoxy) is 1. The minimum atomic E-state index is -0.348. The molecule has 7 nitrogen and oxygen atoms in total. The van der Waals surface area contributed by atoms with E-state index in [0.717, 1.165) is 10.6 Å². The van der Waals surface area contributed by atoms with Gasteiger partial charge < -0.3 is 15.0 Å². The third kappa shape index (κ3) is 3.82. The molecule has 0 saturated carbocycles. The molecule has 2 aromatic rings. The summed E-state index contributed by atoms with van der Waals surface area (Å²) in [5, 5.41) is 5.05. The molecule has 0 aliphatic carbocycles. The molecule has 3 amide bonds. The number of amides is 3. The summed E-state index contributed by atoms with van der Waals surface area (Å²) in [5.74, 6) is -0.600. The number of piperidine rings is 1. The van der Waals surface area contributed by atoms with Crippen LogP contribution >= 0.6 is 11.3 Å². The maximum absolute atomic E-state index is 13.3. The number of thiophene rings is 1. The van der Waals surface area contributed by atoms with Crippen molar-refractivity contribution in [3.63, 3.8) is 0 Å². The summed E-state index contributed by atoms with van der Waals surface area (Å²) in [4.78, 5) is 42.4. The number of anilines is 1.